The van der Waals surface area contributed by atoms with E-state index < -0.39 is 10.0 Å². The Morgan fingerprint density at radius 3 is 2.39 bits per heavy atom. The zero-order valence-corrected chi connectivity index (χ0v) is 15.3. The van der Waals surface area contributed by atoms with Crippen LogP contribution < -0.4 is 4.72 Å². The van der Waals surface area contributed by atoms with Crippen molar-refractivity contribution in [3.63, 3.8) is 0 Å². The van der Waals surface area contributed by atoms with Crippen LogP contribution in [-0.2, 0) is 14.8 Å². The molecule has 0 aromatic heterocycles. The maximum Gasteiger partial charge on any atom is 0.219 e. The second-order valence-corrected chi connectivity index (χ2v) is 8.70. The van der Waals surface area contributed by atoms with Crippen molar-refractivity contribution in [2.24, 2.45) is 5.92 Å². The number of likely N-dealkylation sites (tertiary alicyclic amines) is 1. The molecule has 1 N–H and O–H groups in total. The molecule has 2 aliphatic rings. The van der Waals surface area contributed by atoms with Crippen molar-refractivity contribution in [2.45, 2.75) is 26.3 Å². The van der Waals surface area contributed by atoms with E-state index >= 15 is 0 Å². The monoisotopic (exact) mass is 346 g/mol. The molecule has 2 atom stereocenters. The summed E-state index contributed by atoms with van der Waals surface area (Å²) < 4.78 is 24.7. The van der Waals surface area contributed by atoms with Crippen LogP contribution in [0.4, 0.5) is 0 Å². The Morgan fingerprint density at radius 2 is 1.83 bits per heavy atom. The molecule has 8 heteroatoms. The highest BCUT2D eigenvalue weighted by Crippen LogP contribution is 2.23. The molecule has 2 rings (SSSR count). The quantitative estimate of drug-likeness (QED) is 0.651. The van der Waals surface area contributed by atoms with Gasteiger partial charge in [0, 0.05) is 58.8 Å². The van der Waals surface area contributed by atoms with Gasteiger partial charge in [-0.25, -0.2) is 13.1 Å². The van der Waals surface area contributed by atoms with E-state index in [2.05, 4.69) is 21.4 Å². The molecule has 0 bridgehead atoms. The maximum atomic E-state index is 11.4. The summed E-state index contributed by atoms with van der Waals surface area (Å²) in [4.78, 5) is 18.3. The van der Waals surface area contributed by atoms with Gasteiger partial charge in [0.1, 0.15) is 0 Å². The highest BCUT2D eigenvalue weighted by atomic mass is 32.2. The molecule has 0 spiro atoms. The minimum absolute atomic E-state index is 0.170. The van der Waals surface area contributed by atoms with E-state index in [1.165, 1.54) is 6.26 Å². The molecule has 7 nitrogen and oxygen atoms in total. The van der Waals surface area contributed by atoms with E-state index in [0.29, 0.717) is 18.5 Å². The molecule has 0 saturated carbocycles. The van der Waals surface area contributed by atoms with Gasteiger partial charge in [-0.3, -0.25) is 9.69 Å². The van der Waals surface area contributed by atoms with Crippen LogP contribution >= 0.6 is 0 Å². The molecule has 1 amide bonds. The first-order chi connectivity index (χ1) is 10.8. The molecule has 2 saturated heterocycles. The van der Waals surface area contributed by atoms with Crippen LogP contribution in [0.2, 0.25) is 0 Å². The van der Waals surface area contributed by atoms with Gasteiger partial charge in [-0.1, -0.05) is 6.92 Å². The highest BCUT2D eigenvalue weighted by molar-refractivity contribution is 7.88. The molecule has 0 unspecified atom stereocenters. The number of amides is 1. The molecule has 23 heavy (non-hydrogen) atoms. The number of nitrogens with zero attached hydrogens (tertiary/aromatic N) is 3. The molecule has 2 heterocycles. The predicted molar refractivity (Wildman–Crippen MR) is 90.7 cm³/mol. The second kappa shape index (κ2) is 7.92. The van der Waals surface area contributed by atoms with Crippen molar-refractivity contribution in [2.75, 3.05) is 58.6 Å². The summed E-state index contributed by atoms with van der Waals surface area (Å²) in [6, 6.07) is 0.548. The fraction of sp³-hybridized carbons (Fsp3) is 0.933. The fourth-order valence-electron chi connectivity index (χ4n) is 3.63. The number of hydrogen-bond donors (Lipinski definition) is 1. The number of piperazine rings is 1. The van der Waals surface area contributed by atoms with Crippen LogP contribution in [0.25, 0.3) is 0 Å². The molecule has 0 radical (unpaired) electrons. The van der Waals surface area contributed by atoms with Crippen LogP contribution in [0.15, 0.2) is 0 Å². The lowest BCUT2D eigenvalue weighted by Gasteiger charge is -2.39. The van der Waals surface area contributed by atoms with Crippen LogP contribution in [-0.4, -0.2) is 93.7 Å². The van der Waals surface area contributed by atoms with Crippen molar-refractivity contribution in [3.8, 4) is 0 Å². The largest absolute Gasteiger partial charge is 0.340 e. The molecule has 0 aromatic carbocycles. The summed E-state index contributed by atoms with van der Waals surface area (Å²) in [7, 11) is -3.08. The smallest absolute Gasteiger partial charge is 0.219 e. The average Bonchev–Trinajstić information content (AvgIpc) is 2.84. The van der Waals surface area contributed by atoms with Gasteiger partial charge in [0.15, 0.2) is 0 Å². The number of carbonyl (C=O) groups is 1. The summed E-state index contributed by atoms with van der Waals surface area (Å²) in [5.41, 5.74) is 0. The summed E-state index contributed by atoms with van der Waals surface area (Å²) in [5, 5.41) is 0. The van der Waals surface area contributed by atoms with Gasteiger partial charge in [-0.15, -0.1) is 0 Å². The topological polar surface area (TPSA) is 73.0 Å². The first-order valence-corrected chi connectivity index (χ1v) is 10.3. The normalized spacial score (nSPS) is 27.5. The van der Waals surface area contributed by atoms with Crippen molar-refractivity contribution in [1.29, 1.82) is 0 Å². The standard InChI is InChI=1S/C15H30N4O3S/c1-13-11-17(6-4-5-16-23(3,21)22)12-15(13)19-9-7-18(8-10-19)14(2)20/h13,15-16H,4-12H2,1-3H3/t13-,15+/m0/s1. The third kappa shape index (κ3) is 5.70. The van der Waals surface area contributed by atoms with Gasteiger partial charge < -0.3 is 9.80 Å². The van der Waals surface area contributed by atoms with Crippen molar-refractivity contribution in [3.05, 3.63) is 0 Å². The second-order valence-electron chi connectivity index (χ2n) is 6.87. The average molecular weight is 346 g/mol. The zero-order valence-electron chi connectivity index (χ0n) is 14.5. The Bertz CT molecular complexity index is 503. The molecule has 0 aliphatic carbocycles. The maximum absolute atomic E-state index is 11.4. The van der Waals surface area contributed by atoms with Gasteiger partial charge in [0.05, 0.1) is 6.26 Å². The van der Waals surface area contributed by atoms with Crippen molar-refractivity contribution < 1.29 is 13.2 Å². The molecular formula is C15H30N4O3S. The van der Waals surface area contributed by atoms with Crippen molar-refractivity contribution in [1.82, 2.24) is 19.4 Å². The zero-order chi connectivity index (χ0) is 17.0. The number of carbonyl (C=O) groups excluding carboxylic acids is 1. The Hall–Kier alpha value is -0.700. The van der Waals surface area contributed by atoms with E-state index in [1.54, 1.807) is 6.92 Å². The lowest BCUT2D eigenvalue weighted by atomic mass is 10.0. The summed E-state index contributed by atoms with van der Waals surface area (Å²) in [6.07, 6.45) is 2.03. The van der Waals surface area contributed by atoms with Crippen LogP contribution in [0, 0.1) is 5.92 Å². The minimum Gasteiger partial charge on any atom is -0.340 e. The van der Waals surface area contributed by atoms with Gasteiger partial charge in [0.2, 0.25) is 15.9 Å². The SMILES string of the molecule is CC(=O)N1CCN([C@@H]2CN(CCCNS(C)(=O)=O)C[C@@H]2C)CC1. The van der Waals surface area contributed by atoms with Gasteiger partial charge in [0.25, 0.3) is 0 Å². The Kier molecular flexibility index (Phi) is 6.41. The minimum atomic E-state index is -3.08. The third-order valence-electron chi connectivity index (χ3n) is 4.89. The van der Waals surface area contributed by atoms with Gasteiger partial charge in [-0.2, -0.15) is 0 Å². The lowest BCUT2D eigenvalue weighted by molar-refractivity contribution is -0.130. The third-order valence-corrected chi connectivity index (χ3v) is 5.62. The first-order valence-electron chi connectivity index (χ1n) is 8.43. The Balaban J connectivity index is 1.73. The van der Waals surface area contributed by atoms with Crippen molar-refractivity contribution >= 4 is 15.9 Å². The lowest BCUT2D eigenvalue weighted by Crippen LogP contribution is -2.53. The van der Waals surface area contributed by atoms with E-state index in [-0.39, 0.29) is 5.91 Å². The molecule has 134 valence electrons. The molecule has 2 fully saturated rings. The number of sulfonamides is 1. The van der Waals surface area contributed by atoms with E-state index in [4.69, 9.17) is 0 Å². The Labute approximate surface area is 140 Å². The predicted octanol–water partition coefficient (Wildman–Crippen LogP) is -0.590. The molecular weight excluding hydrogens is 316 g/mol. The van der Waals surface area contributed by atoms with Crippen LogP contribution in [0.1, 0.15) is 20.3 Å². The molecule has 0 aromatic rings. The van der Waals surface area contributed by atoms with E-state index in [9.17, 15) is 13.2 Å². The summed E-state index contributed by atoms with van der Waals surface area (Å²) in [5.74, 6) is 0.783. The van der Waals surface area contributed by atoms with Gasteiger partial charge >= 0.3 is 0 Å². The number of rotatable bonds is 6. The highest BCUT2D eigenvalue weighted by Gasteiger charge is 2.35. The summed E-state index contributed by atoms with van der Waals surface area (Å²) in [6.45, 7) is 11.0. The molecule has 2 aliphatic heterocycles. The fourth-order valence-corrected chi connectivity index (χ4v) is 4.15. The Morgan fingerprint density at radius 1 is 1.17 bits per heavy atom. The van der Waals surface area contributed by atoms with E-state index in [0.717, 1.165) is 52.2 Å². The van der Waals surface area contributed by atoms with Crippen LogP contribution in [0.3, 0.4) is 0 Å². The number of hydrogen-bond acceptors (Lipinski definition) is 5. The van der Waals surface area contributed by atoms with Gasteiger partial charge in [-0.05, 0) is 18.9 Å². The van der Waals surface area contributed by atoms with E-state index in [1.807, 2.05) is 4.90 Å². The number of nitrogens with one attached hydrogen (secondary N) is 1. The first kappa shape index (κ1) is 18.6. The van der Waals surface area contributed by atoms with Crippen LogP contribution in [0.5, 0.6) is 0 Å². The summed E-state index contributed by atoms with van der Waals surface area (Å²) >= 11 is 0.